The summed E-state index contributed by atoms with van der Waals surface area (Å²) in [6.07, 6.45) is -2.32. The van der Waals surface area contributed by atoms with Gasteiger partial charge in [0.1, 0.15) is 12.6 Å². The van der Waals surface area contributed by atoms with Gasteiger partial charge in [0.05, 0.1) is 18.8 Å². The SMILES string of the molecule is CC(=O)OCC1C[C@@H](OCc2ccccc2)C(N=[N+]=[N-])C(OC(=N)C(Cl)(Cl)Cl)O1. The monoisotopic (exact) mass is 464 g/mol. The van der Waals surface area contributed by atoms with Crippen LogP contribution in [0, 0.1) is 5.41 Å². The molecule has 4 atom stereocenters. The second-order valence-electron chi connectivity index (χ2n) is 6.14. The van der Waals surface area contributed by atoms with E-state index in [0.29, 0.717) is 0 Å². The van der Waals surface area contributed by atoms with Gasteiger partial charge < -0.3 is 18.9 Å². The molecule has 1 fully saturated rings. The van der Waals surface area contributed by atoms with E-state index in [1.807, 2.05) is 30.3 Å². The minimum absolute atomic E-state index is 0.0789. The van der Waals surface area contributed by atoms with Gasteiger partial charge >= 0.3 is 5.97 Å². The highest BCUT2D eigenvalue weighted by molar-refractivity contribution is 6.76. The first kappa shape index (κ1) is 23.5. The highest BCUT2D eigenvalue weighted by Crippen LogP contribution is 2.32. The average Bonchev–Trinajstić information content (AvgIpc) is 2.66. The number of ether oxygens (including phenoxy) is 4. The van der Waals surface area contributed by atoms with E-state index in [1.165, 1.54) is 6.92 Å². The first-order chi connectivity index (χ1) is 13.7. The molecule has 1 aliphatic rings. The normalized spacial score (nSPS) is 24.3. The van der Waals surface area contributed by atoms with E-state index in [9.17, 15) is 4.79 Å². The number of carbonyl (C=O) groups is 1. The van der Waals surface area contributed by atoms with Crippen molar-refractivity contribution >= 4 is 46.7 Å². The van der Waals surface area contributed by atoms with Crippen molar-refractivity contribution in [3.63, 3.8) is 0 Å². The van der Waals surface area contributed by atoms with E-state index < -0.39 is 40.2 Å². The molecule has 1 aromatic rings. The Bertz CT molecular complexity index is 755. The molecular formula is C17H19Cl3N4O5. The predicted octanol–water partition coefficient (Wildman–Crippen LogP) is 4.29. The molecule has 0 amide bonds. The number of benzene rings is 1. The van der Waals surface area contributed by atoms with Crippen LogP contribution in [-0.4, -0.2) is 46.8 Å². The fourth-order valence-electron chi connectivity index (χ4n) is 2.63. The molecule has 0 aliphatic carbocycles. The number of halogens is 3. The smallest absolute Gasteiger partial charge is 0.302 e. The standard InChI is InChI=1S/C17H19Cl3N4O5/c1-10(25)26-9-12-7-13(27-8-11-5-3-2-4-6-11)14(23-24-22)15(28-12)29-16(21)17(18,19)20/h2-6,12-15,21H,7-9H2,1H3/t12?,13-,14?,15?/m1/s1. The van der Waals surface area contributed by atoms with E-state index in [2.05, 4.69) is 10.0 Å². The number of esters is 1. The molecule has 2 rings (SSSR count). The fourth-order valence-corrected chi connectivity index (χ4v) is 2.76. The van der Waals surface area contributed by atoms with Crippen molar-refractivity contribution in [1.29, 1.82) is 5.41 Å². The highest BCUT2D eigenvalue weighted by Gasteiger charge is 2.43. The van der Waals surface area contributed by atoms with Crippen LogP contribution < -0.4 is 0 Å². The lowest BCUT2D eigenvalue weighted by atomic mass is 10.0. The molecule has 29 heavy (non-hydrogen) atoms. The molecule has 158 valence electrons. The molecule has 1 N–H and O–H groups in total. The van der Waals surface area contributed by atoms with Gasteiger partial charge in [-0.25, -0.2) is 0 Å². The van der Waals surface area contributed by atoms with Crippen LogP contribution in [0.15, 0.2) is 35.4 Å². The van der Waals surface area contributed by atoms with Crippen molar-refractivity contribution in [3.05, 3.63) is 46.3 Å². The molecule has 0 spiro atoms. The topological polar surface area (TPSA) is 127 Å². The third-order valence-corrected chi connectivity index (χ3v) is 4.45. The summed E-state index contributed by atoms with van der Waals surface area (Å²) >= 11 is 17.0. The van der Waals surface area contributed by atoms with Crippen molar-refractivity contribution in [2.24, 2.45) is 5.11 Å². The van der Waals surface area contributed by atoms with Gasteiger partial charge in [-0.1, -0.05) is 70.2 Å². The number of nitrogens with one attached hydrogen (secondary N) is 1. The zero-order valence-corrected chi connectivity index (χ0v) is 17.6. The van der Waals surface area contributed by atoms with Gasteiger partial charge in [0.2, 0.25) is 12.2 Å². The Morgan fingerprint density at radius 3 is 2.66 bits per heavy atom. The van der Waals surface area contributed by atoms with E-state index in [4.69, 9.17) is 64.7 Å². The maximum Gasteiger partial charge on any atom is 0.302 e. The largest absolute Gasteiger partial charge is 0.463 e. The van der Waals surface area contributed by atoms with Crippen molar-refractivity contribution in [1.82, 2.24) is 0 Å². The summed E-state index contributed by atoms with van der Waals surface area (Å²) in [5.41, 5.74) is 9.87. The molecule has 0 saturated carbocycles. The first-order valence-corrected chi connectivity index (χ1v) is 9.65. The Labute approximate surface area is 182 Å². The Morgan fingerprint density at radius 1 is 1.38 bits per heavy atom. The Kier molecular flexibility index (Phi) is 8.82. The lowest BCUT2D eigenvalue weighted by molar-refractivity contribution is -0.215. The van der Waals surface area contributed by atoms with Crippen LogP contribution in [0.4, 0.5) is 0 Å². The summed E-state index contributed by atoms with van der Waals surface area (Å²) in [5, 5.41) is 11.5. The lowest BCUT2D eigenvalue weighted by Gasteiger charge is -2.39. The van der Waals surface area contributed by atoms with Crippen molar-refractivity contribution < 1.29 is 23.7 Å². The number of hydrogen-bond acceptors (Lipinski definition) is 7. The van der Waals surface area contributed by atoms with Gasteiger partial charge in [-0.3, -0.25) is 10.2 Å². The molecule has 12 heteroatoms. The Balaban J connectivity index is 2.19. The fraction of sp³-hybridized carbons (Fsp3) is 0.529. The van der Waals surface area contributed by atoms with Crippen molar-refractivity contribution in [2.75, 3.05) is 6.61 Å². The lowest BCUT2D eigenvalue weighted by Crippen LogP contribution is -2.52. The molecule has 1 heterocycles. The van der Waals surface area contributed by atoms with Gasteiger partial charge in [0, 0.05) is 18.3 Å². The highest BCUT2D eigenvalue weighted by atomic mass is 35.6. The Hall–Kier alpha value is -1.74. The van der Waals surface area contributed by atoms with Crippen LogP contribution in [0.25, 0.3) is 10.4 Å². The third kappa shape index (κ3) is 7.54. The zero-order valence-electron chi connectivity index (χ0n) is 15.3. The molecule has 9 nitrogen and oxygen atoms in total. The van der Waals surface area contributed by atoms with Gasteiger partial charge in [-0.15, -0.1) is 0 Å². The molecular weight excluding hydrogens is 447 g/mol. The number of nitrogens with zero attached hydrogens (tertiary/aromatic N) is 3. The van der Waals surface area contributed by atoms with Gasteiger partial charge in [-0.2, -0.15) is 0 Å². The first-order valence-electron chi connectivity index (χ1n) is 8.51. The van der Waals surface area contributed by atoms with Crippen LogP contribution in [0.5, 0.6) is 0 Å². The summed E-state index contributed by atoms with van der Waals surface area (Å²) in [5.74, 6) is -1.19. The van der Waals surface area contributed by atoms with E-state index in [0.717, 1.165) is 5.56 Å². The molecule has 1 aliphatic heterocycles. The van der Waals surface area contributed by atoms with Crippen molar-refractivity contribution in [2.45, 2.75) is 48.3 Å². The summed E-state index contributed by atoms with van der Waals surface area (Å²) < 4.78 is 19.8. The minimum atomic E-state index is -2.13. The zero-order chi connectivity index (χ0) is 21.4. The van der Waals surface area contributed by atoms with Crippen molar-refractivity contribution in [3.8, 4) is 0 Å². The minimum Gasteiger partial charge on any atom is -0.463 e. The second kappa shape index (κ2) is 10.9. The van der Waals surface area contributed by atoms with Gasteiger partial charge in [0.15, 0.2) is 0 Å². The summed E-state index contributed by atoms with van der Waals surface area (Å²) in [6.45, 7) is 1.42. The number of carbonyl (C=O) groups excluding carboxylic acids is 1. The quantitative estimate of drug-likeness (QED) is 0.122. The van der Waals surface area contributed by atoms with Crippen LogP contribution in [0.1, 0.15) is 18.9 Å². The van der Waals surface area contributed by atoms with Crippen LogP contribution in [-0.2, 0) is 30.3 Å². The number of rotatable bonds is 7. The second-order valence-corrected chi connectivity index (χ2v) is 8.42. The number of azide groups is 1. The summed E-state index contributed by atoms with van der Waals surface area (Å²) in [7, 11) is 0. The molecule has 3 unspecified atom stereocenters. The van der Waals surface area contributed by atoms with E-state index in [1.54, 1.807) is 0 Å². The number of alkyl halides is 3. The molecule has 1 aromatic carbocycles. The van der Waals surface area contributed by atoms with Crippen LogP contribution in [0.2, 0.25) is 0 Å². The molecule has 0 radical (unpaired) electrons. The third-order valence-electron chi connectivity index (χ3n) is 3.94. The molecule has 1 saturated heterocycles. The van der Waals surface area contributed by atoms with Crippen LogP contribution >= 0.6 is 34.8 Å². The maximum atomic E-state index is 11.1. The van der Waals surface area contributed by atoms with E-state index >= 15 is 0 Å². The average molecular weight is 466 g/mol. The summed E-state index contributed by atoms with van der Waals surface area (Å²) in [6, 6.07) is 8.40. The van der Waals surface area contributed by atoms with Crippen LogP contribution in [0.3, 0.4) is 0 Å². The van der Waals surface area contributed by atoms with Gasteiger partial charge in [0.25, 0.3) is 3.79 Å². The molecule has 0 aromatic heterocycles. The van der Waals surface area contributed by atoms with Gasteiger partial charge in [-0.05, 0) is 11.1 Å². The predicted molar refractivity (Wildman–Crippen MR) is 107 cm³/mol. The summed E-state index contributed by atoms with van der Waals surface area (Å²) in [4.78, 5) is 14.0. The number of hydrogen-bond donors (Lipinski definition) is 1. The maximum absolute atomic E-state index is 11.1. The Morgan fingerprint density at radius 2 is 2.07 bits per heavy atom. The molecule has 0 bridgehead atoms. The van der Waals surface area contributed by atoms with E-state index in [-0.39, 0.29) is 19.6 Å².